The minimum Gasteiger partial charge on any atom is -0.326 e. The molecule has 0 radical (unpaired) electrons. The summed E-state index contributed by atoms with van der Waals surface area (Å²) in [6, 6.07) is 1.70. The molecule has 3 N–H and O–H groups in total. The minimum absolute atomic E-state index is 0.0937. The molecule has 0 spiro atoms. The van der Waals surface area contributed by atoms with E-state index >= 15 is 0 Å². The van der Waals surface area contributed by atoms with Gasteiger partial charge in [0.1, 0.15) is 0 Å². The zero-order valence-corrected chi connectivity index (χ0v) is 9.31. The zero-order chi connectivity index (χ0) is 10.8. The molecular weight excluding hydrogens is 212 g/mol. The summed E-state index contributed by atoms with van der Waals surface area (Å²) in [5.74, 6) is 0.428. The Balaban J connectivity index is 2.39. The number of rotatable bonds is 2. The second-order valence-electron chi connectivity index (χ2n) is 4.07. The number of nitrogens with two attached hydrogens (primary N) is 1. The molecule has 0 bridgehead atoms. The monoisotopic (exact) mass is 226 g/mol. The van der Waals surface area contributed by atoms with E-state index in [1.165, 1.54) is 12.8 Å². The average Bonchev–Trinajstić information content (AvgIpc) is 2.74. The lowest BCUT2D eigenvalue weighted by Gasteiger charge is -2.11. The molecule has 0 aromatic carbocycles. The van der Waals surface area contributed by atoms with E-state index in [9.17, 15) is 4.79 Å². The van der Waals surface area contributed by atoms with Crippen LogP contribution in [0.5, 0.6) is 0 Å². The molecule has 1 aromatic rings. The molecule has 4 heteroatoms. The molecule has 1 heterocycles. The van der Waals surface area contributed by atoms with Crippen LogP contribution in [0, 0.1) is 0 Å². The van der Waals surface area contributed by atoms with E-state index in [0.717, 1.165) is 18.5 Å². The lowest BCUT2D eigenvalue weighted by atomic mass is 10.0. The number of H-pyrrole nitrogens is 1. The predicted octanol–water partition coefficient (Wildman–Crippen LogP) is 2.14. The Bertz CT molecular complexity index is 408. The van der Waals surface area contributed by atoms with Crippen molar-refractivity contribution in [3.05, 3.63) is 32.7 Å². The molecule has 0 aliphatic heterocycles. The highest BCUT2D eigenvalue weighted by atomic mass is 35.5. The first-order chi connectivity index (χ1) is 7.22. The molecule has 1 saturated carbocycles. The van der Waals surface area contributed by atoms with E-state index in [-0.39, 0.29) is 12.1 Å². The van der Waals surface area contributed by atoms with E-state index in [4.69, 9.17) is 17.3 Å². The summed E-state index contributed by atoms with van der Waals surface area (Å²) in [6.07, 6.45) is 4.69. The van der Waals surface area contributed by atoms with Crippen molar-refractivity contribution < 1.29 is 0 Å². The van der Waals surface area contributed by atoms with Crippen LogP contribution in [0.1, 0.15) is 42.9 Å². The number of aromatic amines is 1. The normalized spacial score (nSPS) is 17.2. The fourth-order valence-corrected chi connectivity index (χ4v) is 2.55. The average molecular weight is 227 g/mol. The van der Waals surface area contributed by atoms with E-state index < -0.39 is 0 Å². The number of pyridine rings is 1. The van der Waals surface area contributed by atoms with Crippen molar-refractivity contribution in [3.8, 4) is 0 Å². The van der Waals surface area contributed by atoms with Crippen LogP contribution in [-0.4, -0.2) is 4.98 Å². The van der Waals surface area contributed by atoms with Crippen LogP contribution in [0.25, 0.3) is 0 Å². The van der Waals surface area contributed by atoms with E-state index in [0.29, 0.717) is 16.5 Å². The van der Waals surface area contributed by atoms with Crippen LogP contribution in [-0.2, 0) is 6.54 Å². The van der Waals surface area contributed by atoms with Crippen molar-refractivity contribution in [1.82, 2.24) is 4.98 Å². The molecule has 1 fully saturated rings. The summed E-state index contributed by atoms with van der Waals surface area (Å²) in [5.41, 5.74) is 6.81. The number of aromatic nitrogens is 1. The number of hydrogen-bond acceptors (Lipinski definition) is 2. The maximum absolute atomic E-state index is 11.6. The van der Waals surface area contributed by atoms with Crippen LogP contribution in [0.4, 0.5) is 0 Å². The zero-order valence-electron chi connectivity index (χ0n) is 8.55. The van der Waals surface area contributed by atoms with Gasteiger partial charge in [-0.15, -0.1) is 0 Å². The molecule has 0 atom stereocenters. The maximum Gasteiger partial charge on any atom is 0.252 e. The molecule has 0 saturated heterocycles. The lowest BCUT2D eigenvalue weighted by molar-refractivity contribution is 0.692. The van der Waals surface area contributed by atoms with Gasteiger partial charge in [-0.2, -0.15) is 0 Å². The fourth-order valence-electron chi connectivity index (χ4n) is 2.22. The first-order valence-corrected chi connectivity index (χ1v) is 5.72. The second kappa shape index (κ2) is 4.37. The maximum atomic E-state index is 11.6. The summed E-state index contributed by atoms with van der Waals surface area (Å²) >= 11 is 6.13. The molecule has 0 unspecified atom stereocenters. The van der Waals surface area contributed by atoms with Gasteiger partial charge in [0, 0.05) is 23.7 Å². The smallest absolute Gasteiger partial charge is 0.252 e. The Morgan fingerprint density at radius 3 is 2.73 bits per heavy atom. The van der Waals surface area contributed by atoms with Crippen molar-refractivity contribution in [2.24, 2.45) is 5.73 Å². The fraction of sp³-hybridized carbons (Fsp3) is 0.545. The number of nitrogens with one attached hydrogen (secondary N) is 1. The van der Waals surface area contributed by atoms with Gasteiger partial charge in [0.25, 0.3) is 5.56 Å². The van der Waals surface area contributed by atoms with Gasteiger partial charge in [-0.1, -0.05) is 24.4 Å². The molecule has 3 nitrogen and oxygen atoms in total. The molecular formula is C11H15ClN2O. The van der Waals surface area contributed by atoms with Gasteiger partial charge in [-0.25, -0.2) is 0 Å². The SMILES string of the molecule is NCc1cc(Cl)c(C2CCCC2)[nH]c1=O. The van der Waals surface area contributed by atoms with Crippen molar-refractivity contribution in [2.45, 2.75) is 38.1 Å². The Hall–Kier alpha value is -0.800. The third-order valence-corrected chi connectivity index (χ3v) is 3.39. The Kier molecular flexibility index (Phi) is 3.12. The summed E-state index contributed by atoms with van der Waals surface area (Å²) in [7, 11) is 0. The third-order valence-electron chi connectivity index (χ3n) is 3.08. The summed E-state index contributed by atoms with van der Waals surface area (Å²) < 4.78 is 0. The van der Waals surface area contributed by atoms with Gasteiger partial charge < -0.3 is 10.7 Å². The first kappa shape index (κ1) is 10.7. The quantitative estimate of drug-likeness (QED) is 0.812. The summed E-state index contributed by atoms with van der Waals surface area (Å²) in [4.78, 5) is 14.5. The predicted molar refractivity (Wildman–Crippen MR) is 61.2 cm³/mol. The Labute approximate surface area is 93.6 Å². The van der Waals surface area contributed by atoms with Gasteiger partial charge in [-0.3, -0.25) is 4.79 Å². The first-order valence-electron chi connectivity index (χ1n) is 5.34. The highest BCUT2D eigenvalue weighted by Crippen LogP contribution is 2.35. The highest BCUT2D eigenvalue weighted by molar-refractivity contribution is 6.31. The topological polar surface area (TPSA) is 58.9 Å². The van der Waals surface area contributed by atoms with Crippen molar-refractivity contribution in [1.29, 1.82) is 0 Å². The van der Waals surface area contributed by atoms with Gasteiger partial charge in [0.2, 0.25) is 0 Å². The largest absolute Gasteiger partial charge is 0.326 e. The van der Waals surface area contributed by atoms with Crippen molar-refractivity contribution in [3.63, 3.8) is 0 Å². The second-order valence-corrected chi connectivity index (χ2v) is 4.48. The molecule has 1 aromatic heterocycles. The van der Waals surface area contributed by atoms with Gasteiger partial charge in [0.15, 0.2) is 0 Å². The van der Waals surface area contributed by atoms with E-state index in [1.807, 2.05) is 0 Å². The van der Waals surface area contributed by atoms with Crippen LogP contribution in [0.2, 0.25) is 5.02 Å². The summed E-state index contributed by atoms with van der Waals surface area (Å²) in [6.45, 7) is 0.236. The van der Waals surface area contributed by atoms with Crippen LogP contribution >= 0.6 is 11.6 Å². The molecule has 82 valence electrons. The van der Waals surface area contributed by atoms with Crippen LogP contribution < -0.4 is 11.3 Å². The molecule has 2 rings (SSSR count). The number of halogens is 1. The van der Waals surface area contributed by atoms with Crippen molar-refractivity contribution in [2.75, 3.05) is 0 Å². The lowest BCUT2D eigenvalue weighted by Crippen LogP contribution is -2.18. The highest BCUT2D eigenvalue weighted by Gasteiger charge is 2.20. The Morgan fingerprint density at radius 2 is 2.13 bits per heavy atom. The molecule has 15 heavy (non-hydrogen) atoms. The standard InChI is InChI=1S/C11H15ClN2O/c12-9-5-8(6-13)11(15)14-10(9)7-3-1-2-4-7/h5,7H,1-4,6,13H2,(H,14,15). The van der Waals surface area contributed by atoms with Gasteiger partial charge >= 0.3 is 0 Å². The van der Waals surface area contributed by atoms with E-state index in [2.05, 4.69) is 4.98 Å². The molecule has 1 aliphatic rings. The van der Waals surface area contributed by atoms with Crippen LogP contribution in [0.3, 0.4) is 0 Å². The third kappa shape index (κ3) is 2.08. The molecule has 0 amide bonds. The minimum atomic E-state index is -0.0937. The van der Waals surface area contributed by atoms with E-state index in [1.54, 1.807) is 6.07 Å². The summed E-state index contributed by atoms with van der Waals surface area (Å²) in [5, 5.41) is 0.655. The van der Waals surface area contributed by atoms with Crippen molar-refractivity contribution >= 4 is 11.6 Å². The van der Waals surface area contributed by atoms with Crippen LogP contribution in [0.15, 0.2) is 10.9 Å². The Morgan fingerprint density at radius 1 is 1.47 bits per heavy atom. The molecule has 1 aliphatic carbocycles. The number of hydrogen-bond donors (Lipinski definition) is 2. The van der Waals surface area contributed by atoms with Gasteiger partial charge in [0.05, 0.1) is 5.02 Å². The van der Waals surface area contributed by atoms with Gasteiger partial charge in [-0.05, 0) is 18.9 Å².